The predicted octanol–water partition coefficient (Wildman–Crippen LogP) is 4.11. The van der Waals surface area contributed by atoms with Crippen LogP contribution in [0.5, 0.6) is 0 Å². The highest BCUT2D eigenvalue weighted by atomic mass is 79.9. The number of nitrogens with one attached hydrogen (secondary N) is 2. The molecule has 2 aromatic carbocycles. The molecule has 1 amide bonds. The van der Waals surface area contributed by atoms with E-state index in [1.807, 2.05) is 31.2 Å². The van der Waals surface area contributed by atoms with Crippen molar-refractivity contribution in [1.29, 1.82) is 0 Å². The number of amides is 1. The Morgan fingerprint density at radius 2 is 1.87 bits per heavy atom. The highest BCUT2D eigenvalue weighted by Gasteiger charge is 2.08. The average Bonchev–Trinajstić information content (AvgIpc) is 2.54. The Morgan fingerprint density at radius 1 is 1.13 bits per heavy atom. The molecule has 0 aliphatic carbocycles. The second-order valence-corrected chi connectivity index (χ2v) is 6.15. The van der Waals surface area contributed by atoms with E-state index in [1.165, 1.54) is 0 Å². The van der Waals surface area contributed by atoms with Crippen LogP contribution < -0.4 is 10.9 Å². The molecule has 0 bridgehead atoms. The van der Waals surface area contributed by atoms with Crippen LogP contribution in [0.25, 0.3) is 10.9 Å². The Bertz CT molecular complexity index is 930. The number of benzene rings is 2. The fourth-order valence-corrected chi connectivity index (χ4v) is 2.77. The molecule has 0 atom stereocenters. The normalized spacial score (nSPS) is 10.7. The number of hydrogen-bond donors (Lipinski definition) is 2. The first kappa shape index (κ1) is 15.5. The number of rotatable bonds is 3. The maximum atomic E-state index is 12.3. The summed E-state index contributed by atoms with van der Waals surface area (Å²) in [5.41, 5.74) is 2.81. The van der Waals surface area contributed by atoms with Gasteiger partial charge in [0.1, 0.15) is 0 Å². The minimum atomic E-state index is -0.189. The Balaban J connectivity index is 1.93. The van der Waals surface area contributed by atoms with Gasteiger partial charge in [0.2, 0.25) is 5.56 Å². The molecule has 0 spiro atoms. The van der Waals surface area contributed by atoms with Crippen molar-refractivity contribution < 1.29 is 4.79 Å². The Morgan fingerprint density at radius 3 is 2.57 bits per heavy atom. The zero-order valence-corrected chi connectivity index (χ0v) is 14.1. The van der Waals surface area contributed by atoms with Crippen molar-refractivity contribution in [3.05, 3.63) is 74.5 Å². The number of fused-ring (bicyclic) bond motifs is 1. The van der Waals surface area contributed by atoms with E-state index in [4.69, 9.17) is 0 Å². The van der Waals surface area contributed by atoms with Crippen molar-refractivity contribution in [2.75, 3.05) is 5.32 Å². The molecule has 0 aliphatic rings. The van der Waals surface area contributed by atoms with E-state index in [1.54, 1.807) is 24.3 Å². The van der Waals surface area contributed by atoms with Gasteiger partial charge in [0.05, 0.1) is 5.52 Å². The third kappa shape index (κ3) is 3.35. The molecule has 116 valence electrons. The monoisotopic (exact) mass is 370 g/mol. The average molecular weight is 371 g/mol. The van der Waals surface area contributed by atoms with Gasteiger partial charge >= 0.3 is 0 Å². The summed E-state index contributed by atoms with van der Waals surface area (Å²) in [5.74, 6) is -0.189. The van der Waals surface area contributed by atoms with Gasteiger partial charge in [0.15, 0.2) is 0 Å². The first-order chi connectivity index (χ1) is 11.1. The van der Waals surface area contributed by atoms with E-state index in [9.17, 15) is 9.59 Å². The number of aromatic nitrogens is 1. The second kappa shape index (κ2) is 6.38. The zero-order chi connectivity index (χ0) is 16.4. The van der Waals surface area contributed by atoms with Crippen LogP contribution in [0.3, 0.4) is 0 Å². The standard InChI is InChI=1S/C18H15BrN2O2/c1-2-11-9-17(22)21-16-10-14(7-8-15(11)16)20-18(23)12-3-5-13(19)6-4-12/h3-10H,2H2,1H3,(H,20,23)(H,21,22). The van der Waals surface area contributed by atoms with Crippen LogP contribution >= 0.6 is 15.9 Å². The first-order valence-electron chi connectivity index (χ1n) is 7.29. The summed E-state index contributed by atoms with van der Waals surface area (Å²) in [4.78, 5) is 26.8. The van der Waals surface area contributed by atoms with E-state index in [0.717, 1.165) is 27.4 Å². The summed E-state index contributed by atoms with van der Waals surface area (Å²) < 4.78 is 0.921. The molecule has 2 N–H and O–H groups in total. The van der Waals surface area contributed by atoms with Crippen LogP contribution in [0, 0.1) is 0 Å². The van der Waals surface area contributed by atoms with Crippen LogP contribution in [-0.4, -0.2) is 10.9 Å². The molecule has 0 unspecified atom stereocenters. The molecule has 0 saturated carbocycles. The van der Waals surface area contributed by atoms with Crippen molar-refractivity contribution in [2.45, 2.75) is 13.3 Å². The van der Waals surface area contributed by atoms with Gasteiger partial charge in [-0.15, -0.1) is 0 Å². The zero-order valence-electron chi connectivity index (χ0n) is 12.5. The summed E-state index contributed by atoms with van der Waals surface area (Å²) in [6.07, 6.45) is 0.783. The summed E-state index contributed by atoms with van der Waals surface area (Å²) in [6, 6.07) is 14.3. The number of aryl methyl sites for hydroxylation is 1. The Labute approximate surface area is 141 Å². The van der Waals surface area contributed by atoms with E-state index in [0.29, 0.717) is 11.3 Å². The quantitative estimate of drug-likeness (QED) is 0.728. The fourth-order valence-electron chi connectivity index (χ4n) is 2.51. The number of carbonyl (C=O) groups excluding carboxylic acids is 1. The van der Waals surface area contributed by atoms with Gasteiger partial charge in [-0.25, -0.2) is 0 Å². The number of H-pyrrole nitrogens is 1. The Kier molecular flexibility index (Phi) is 4.30. The second-order valence-electron chi connectivity index (χ2n) is 5.23. The van der Waals surface area contributed by atoms with Crippen molar-refractivity contribution >= 4 is 38.4 Å². The SMILES string of the molecule is CCc1cc(=O)[nH]c2cc(NC(=O)c3ccc(Br)cc3)ccc12. The smallest absolute Gasteiger partial charge is 0.255 e. The fraction of sp³-hybridized carbons (Fsp3) is 0.111. The minimum Gasteiger partial charge on any atom is -0.322 e. The lowest BCUT2D eigenvalue weighted by Gasteiger charge is -2.08. The summed E-state index contributed by atoms with van der Waals surface area (Å²) in [7, 11) is 0. The van der Waals surface area contributed by atoms with Crippen LogP contribution in [0.2, 0.25) is 0 Å². The van der Waals surface area contributed by atoms with Gasteiger partial charge in [-0.1, -0.05) is 28.9 Å². The molecule has 5 heteroatoms. The third-order valence-electron chi connectivity index (χ3n) is 3.67. The molecule has 3 rings (SSSR count). The van der Waals surface area contributed by atoms with Gasteiger partial charge in [0.25, 0.3) is 5.91 Å². The molecule has 23 heavy (non-hydrogen) atoms. The summed E-state index contributed by atoms with van der Waals surface area (Å²) >= 11 is 3.34. The van der Waals surface area contributed by atoms with E-state index in [2.05, 4.69) is 26.2 Å². The van der Waals surface area contributed by atoms with Crippen LogP contribution in [0.15, 0.2) is 57.8 Å². The van der Waals surface area contributed by atoms with Gasteiger partial charge in [-0.2, -0.15) is 0 Å². The van der Waals surface area contributed by atoms with Gasteiger partial charge in [-0.05, 0) is 48.4 Å². The first-order valence-corrected chi connectivity index (χ1v) is 8.09. The number of anilines is 1. The topological polar surface area (TPSA) is 62.0 Å². The minimum absolute atomic E-state index is 0.134. The van der Waals surface area contributed by atoms with Crippen molar-refractivity contribution in [2.24, 2.45) is 0 Å². The van der Waals surface area contributed by atoms with E-state index < -0.39 is 0 Å². The lowest BCUT2D eigenvalue weighted by Crippen LogP contribution is -2.12. The van der Waals surface area contributed by atoms with E-state index in [-0.39, 0.29) is 11.5 Å². The molecule has 4 nitrogen and oxygen atoms in total. The molecular weight excluding hydrogens is 356 g/mol. The number of carbonyl (C=O) groups is 1. The largest absolute Gasteiger partial charge is 0.322 e. The number of pyridine rings is 1. The van der Waals surface area contributed by atoms with Crippen molar-refractivity contribution in [1.82, 2.24) is 4.98 Å². The molecule has 0 saturated heterocycles. The molecule has 0 fully saturated rings. The molecule has 0 radical (unpaired) electrons. The summed E-state index contributed by atoms with van der Waals surface area (Å²) in [5, 5.41) is 3.84. The predicted molar refractivity (Wildman–Crippen MR) is 96.0 cm³/mol. The van der Waals surface area contributed by atoms with Gasteiger partial charge in [-0.3, -0.25) is 9.59 Å². The Hall–Kier alpha value is -2.40. The molecule has 0 aliphatic heterocycles. The van der Waals surface area contributed by atoms with Gasteiger partial charge in [0, 0.05) is 27.2 Å². The van der Waals surface area contributed by atoms with Crippen molar-refractivity contribution in [3.8, 4) is 0 Å². The van der Waals surface area contributed by atoms with Crippen LogP contribution in [0.4, 0.5) is 5.69 Å². The lowest BCUT2D eigenvalue weighted by atomic mass is 10.1. The van der Waals surface area contributed by atoms with Crippen LogP contribution in [0.1, 0.15) is 22.8 Å². The number of halogens is 1. The molecule has 3 aromatic rings. The maximum absolute atomic E-state index is 12.3. The highest BCUT2D eigenvalue weighted by Crippen LogP contribution is 2.21. The maximum Gasteiger partial charge on any atom is 0.255 e. The number of aromatic amines is 1. The molecule has 1 heterocycles. The number of hydrogen-bond acceptors (Lipinski definition) is 2. The van der Waals surface area contributed by atoms with Crippen LogP contribution in [-0.2, 0) is 6.42 Å². The highest BCUT2D eigenvalue weighted by molar-refractivity contribution is 9.10. The van der Waals surface area contributed by atoms with E-state index >= 15 is 0 Å². The van der Waals surface area contributed by atoms with Crippen molar-refractivity contribution in [3.63, 3.8) is 0 Å². The lowest BCUT2D eigenvalue weighted by molar-refractivity contribution is 0.102. The molecular formula is C18H15BrN2O2. The molecule has 1 aromatic heterocycles. The third-order valence-corrected chi connectivity index (χ3v) is 4.20. The summed E-state index contributed by atoms with van der Waals surface area (Å²) in [6.45, 7) is 2.01. The van der Waals surface area contributed by atoms with Gasteiger partial charge < -0.3 is 10.3 Å².